The molecule has 0 atom stereocenters. The summed E-state index contributed by atoms with van der Waals surface area (Å²) in [6.45, 7) is 2.59. The first kappa shape index (κ1) is 14.4. The fourth-order valence-corrected chi connectivity index (χ4v) is 2.07. The Balaban J connectivity index is 2.22. The Morgan fingerprint density at radius 1 is 1.30 bits per heavy atom. The van der Waals surface area contributed by atoms with Gasteiger partial charge in [-0.25, -0.2) is 4.79 Å². The lowest BCUT2D eigenvalue weighted by molar-refractivity contribution is -0.121. The number of imidazole rings is 1. The Morgan fingerprint density at radius 2 is 2.05 bits per heavy atom. The van der Waals surface area contributed by atoms with Crippen molar-refractivity contribution in [1.82, 2.24) is 14.5 Å². The second-order valence-electron chi connectivity index (χ2n) is 4.38. The van der Waals surface area contributed by atoms with E-state index in [1.165, 1.54) is 9.13 Å². The first-order valence-electron chi connectivity index (χ1n) is 6.43. The normalized spacial score (nSPS) is 10.5. The number of para-hydroxylation sites is 1. The summed E-state index contributed by atoms with van der Waals surface area (Å²) in [5.74, 6) is -0.175. The van der Waals surface area contributed by atoms with Crippen molar-refractivity contribution in [3.63, 3.8) is 0 Å². The molecule has 2 rings (SSSR count). The van der Waals surface area contributed by atoms with Crippen molar-refractivity contribution in [3.8, 4) is 5.69 Å². The maximum atomic E-state index is 12.2. The van der Waals surface area contributed by atoms with Crippen molar-refractivity contribution in [2.75, 3.05) is 6.54 Å². The molecule has 0 aliphatic rings. The van der Waals surface area contributed by atoms with Gasteiger partial charge in [0.05, 0.1) is 10.7 Å². The molecular formula is C14H16ClN3O2. The average Bonchev–Trinajstić information content (AvgIpc) is 2.79. The van der Waals surface area contributed by atoms with Gasteiger partial charge in [0, 0.05) is 18.9 Å². The maximum absolute atomic E-state index is 12.2. The van der Waals surface area contributed by atoms with E-state index in [1.54, 1.807) is 36.7 Å². The second kappa shape index (κ2) is 6.43. The molecule has 1 N–H and O–H groups in total. The van der Waals surface area contributed by atoms with Crippen molar-refractivity contribution in [1.29, 1.82) is 0 Å². The standard InChI is InChI=1S/C14H16ClN3O2/c1-2-7-16-13(19)10-17-8-9-18(14(17)20)12-6-4-3-5-11(12)15/h3-6,8-9H,2,7,10H2,1H3,(H,16,19). The predicted molar refractivity (Wildman–Crippen MR) is 78.3 cm³/mol. The van der Waals surface area contributed by atoms with E-state index in [1.807, 2.05) is 6.92 Å². The molecule has 0 radical (unpaired) electrons. The van der Waals surface area contributed by atoms with Gasteiger partial charge in [-0.3, -0.25) is 13.9 Å². The lowest BCUT2D eigenvalue weighted by Crippen LogP contribution is -2.33. The molecule has 0 spiro atoms. The van der Waals surface area contributed by atoms with Crippen molar-refractivity contribution < 1.29 is 4.79 Å². The zero-order chi connectivity index (χ0) is 14.5. The van der Waals surface area contributed by atoms with E-state index in [-0.39, 0.29) is 18.1 Å². The molecule has 106 valence electrons. The summed E-state index contributed by atoms with van der Waals surface area (Å²) in [6, 6.07) is 7.07. The summed E-state index contributed by atoms with van der Waals surface area (Å²) >= 11 is 6.07. The summed E-state index contributed by atoms with van der Waals surface area (Å²) in [6.07, 6.45) is 4.05. The van der Waals surface area contributed by atoms with Crippen LogP contribution in [0.2, 0.25) is 5.02 Å². The largest absolute Gasteiger partial charge is 0.355 e. The van der Waals surface area contributed by atoms with E-state index < -0.39 is 0 Å². The summed E-state index contributed by atoms with van der Waals surface area (Å²) < 4.78 is 2.78. The summed E-state index contributed by atoms with van der Waals surface area (Å²) in [7, 11) is 0. The van der Waals surface area contributed by atoms with Gasteiger partial charge in [0.25, 0.3) is 0 Å². The SMILES string of the molecule is CCCNC(=O)Cn1ccn(-c2ccccc2Cl)c1=O. The number of hydrogen-bond acceptors (Lipinski definition) is 2. The van der Waals surface area contributed by atoms with E-state index in [2.05, 4.69) is 5.32 Å². The smallest absolute Gasteiger partial charge is 0.333 e. The van der Waals surface area contributed by atoms with Gasteiger partial charge in [-0.2, -0.15) is 0 Å². The fraction of sp³-hybridized carbons (Fsp3) is 0.286. The minimum absolute atomic E-state index is 0.0102. The van der Waals surface area contributed by atoms with Crippen LogP contribution in [0.25, 0.3) is 5.69 Å². The van der Waals surface area contributed by atoms with Crippen LogP contribution in [0.3, 0.4) is 0 Å². The summed E-state index contributed by atoms with van der Waals surface area (Å²) in [5, 5.41) is 3.22. The number of carbonyl (C=O) groups is 1. The summed E-state index contributed by atoms with van der Waals surface area (Å²) in [4.78, 5) is 23.8. The number of aromatic nitrogens is 2. The zero-order valence-electron chi connectivity index (χ0n) is 11.2. The van der Waals surface area contributed by atoms with Crippen molar-refractivity contribution in [3.05, 3.63) is 52.2 Å². The number of benzene rings is 1. The van der Waals surface area contributed by atoms with Crippen LogP contribution < -0.4 is 11.0 Å². The molecule has 2 aromatic rings. The van der Waals surface area contributed by atoms with Gasteiger partial charge >= 0.3 is 5.69 Å². The van der Waals surface area contributed by atoms with Gasteiger partial charge in [-0.05, 0) is 18.6 Å². The van der Waals surface area contributed by atoms with Crippen LogP contribution in [0.5, 0.6) is 0 Å². The predicted octanol–water partition coefficient (Wildman–Crippen LogP) is 1.82. The summed E-state index contributed by atoms with van der Waals surface area (Å²) in [5.41, 5.74) is 0.316. The van der Waals surface area contributed by atoms with E-state index >= 15 is 0 Å². The fourth-order valence-electron chi connectivity index (χ4n) is 1.84. The topological polar surface area (TPSA) is 56.0 Å². The third-order valence-electron chi connectivity index (χ3n) is 2.85. The molecule has 0 unspecified atom stereocenters. The highest BCUT2D eigenvalue weighted by Crippen LogP contribution is 2.17. The number of amides is 1. The van der Waals surface area contributed by atoms with Crippen LogP contribution in [0, 0.1) is 0 Å². The van der Waals surface area contributed by atoms with Crippen LogP contribution in [0.15, 0.2) is 41.5 Å². The first-order chi connectivity index (χ1) is 9.63. The Bertz CT molecular complexity index is 660. The van der Waals surface area contributed by atoms with E-state index in [4.69, 9.17) is 11.6 Å². The van der Waals surface area contributed by atoms with Crippen LogP contribution in [-0.2, 0) is 11.3 Å². The van der Waals surface area contributed by atoms with E-state index in [0.29, 0.717) is 17.3 Å². The molecule has 1 amide bonds. The van der Waals surface area contributed by atoms with Crippen molar-refractivity contribution in [2.45, 2.75) is 19.9 Å². The second-order valence-corrected chi connectivity index (χ2v) is 4.79. The quantitative estimate of drug-likeness (QED) is 0.914. The minimum atomic E-state index is -0.287. The number of nitrogens with zero attached hydrogens (tertiary/aromatic N) is 2. The Kier molecular flexibility index (Phi) is 4.63. The van der Waals surface area contributed by atoms with Gasteiger partial charge in [0.2, 0.25) is 5.91 Å². The molecule has 0 fully saturated rings. The molecule has 0 aliphatic heterocycles. The van der Waals surface area contributed by atoms with E-state index in [0.717, 1.165) is 6.42 Å². The van der Waals surface area contributed by atoms with E-state index in [9.17, 15) is 9.59 Å². The molecule has 0 saturated heterocycles. The third-order valence-corrected chi connectivity index (χ3v) is 3.17. The monoisotopic (exact) mass is 293 g/mol. The number of carbonyl (C=O) groups excluding carboxylic acids is 1. The Morgan fingerprint density at radius 3 is 2.75 bits per heavy atom. The number of rotatable bonds is 5. The number of nitrogens with one attached hydrogen (secondary N) is 1. The van der Waals surface area contributed by atoms with Crippen LogP contribution in [-0.4, -0.2) is 21.6 Å². The van der Waals surface area contributed by atoms with Crippen LogP contribution in [0.1, 0.15) is 13.3 Å². The average molecular weight is 294 g/mol. The molecule has 1 heterocycles. The zero-order valence-corrected chi connectivity index (χ0v) is 11.9. The van der Waals surface area contributed by atoms with Crippen LogP contribution >= 0.6 is 11.6 Å². The Hall–Kier alpha value is -2.01. The molecular weight excluding hydrogens is 278 g/mol. The third kappa shape index (κ3) is 3.11. The number of halogens is 1. The maximum Gasteiger partial charge on any atom is 0.333 e. The molecule has 1 aromatic heterocycles. The highest BCUT2D eigenvalue weighted by Gasteiger charge is 2.10. The molecule has 6 heteroatoms. The molecule has 5 nitrogen and oxygen atoms in total. The van der Waals surface area contributed by atoms with Crippen molar-refractivity contribution in [2.24, 2.45) is 0 Å². The Labute approximate surface area is 121 Å². The molecule has 0 saturated carbocycles. The van der Waals surface area contributed by atoms with Crippen LogP contribution in [0.4, 0.5) is 0 Å². The molecule has 20 heavy (non-hydrogen) atoms. The van der Waals surface area contributed by atoms with Gasteiger partial charge < -0.3 is 5.32 Å². The van der Waals surface area contributed by atoms with Gasteiger partial charge in [0.15, 0.2) is 0 Å². The lowest BCUT2D eigenvalue weighted by atomic mass is 10.3. The van der Waals surface area contributed by atoms with Gasteiger partial charge in [0.1, 0.15) is 6.54 Å². The van der Waals surface area contributed by atoms with Crippen molar-refractivity contribution >= 4 is 17.5 Å². The highest BCUT2D eigenvalue weighted by atomic mass is 35.5. The molecule has 1 aromatic carbocycles. The number of hydrogen-bond donors (Lipinski definition) is 1. The van der Waals surface area contributed by atoms with Gasteiger partial charge in [-0.1, -0.05) is 30.7 Å². The molecule has 0 bridgehead atoms. The minimum Gasteiger partial charge on any atom is -0.355 e. The lowest BCUT2D eigenvalue weighted by Gasteiger charge is -2.05. The molecule has 0 aliphatic carbocycles. The van der Waals surface area contributed by atoms with Gasteiger partial charge in [-0.15, -0.1) is 0 Å². The highest BCUT2D eigenvalue weighted by molar-refractivity contribution is 6.32. The first-order valence-corrected chi connectivity index (χ1v) is 6.80.